The zero-order valence-corrected chi connectivity index (χ0v) is 13.3. The molecule has 0 radical (unpaired) electrons. The maximum absolute atomic E-state index is 11.7. The van der Waals surface area contributed by atoms with Crippen molar-refractivity contribution < 1.29 is 14.3 Å². The molecule has 0 saturated heterocycles. The van der Waals surface area contributed by atoms with Gasteiger partial charge in [0.05, 0.1) is 0 Å². The molecule has 0 aliphatic heterocycles. The molecule has 1 aliphatic rings. The number of nitrogens with one attached hydrogen (secondary N) is 2. The van der Waals surface area contributed by atoms with E-state index < -0.39 is 5.60 Å². The second kappa shape index (κ2) is 6.95. The van der Waals surface area contributed by atoms with Crippen molar-refractivity contribution in [3.8, 4) is 0 Å². The lowest BCUT2D eigenvalue weighted by Crippen LogP contribution is -2.47. The average Bonchev–Trinajstić information content (AvgIpc) is 2.26. The Morgan fingerprint density at radius 3 is 2.15 bits per heavy atom. The summed E-state index contributed by atoms with van der Waals surface area (Å²) < 4.78 is 5.26. The van der Waals surface area contributed by atoms with Crippen LogP contribution in [0.1, 0.15) is 60.3 Å². The summed E-state index contributed by atoms with van der Waals surface area (Å²) in [5.74, 6) is 0.0714. The monoisotopic (exact) mass is 284 g/mol. The van der Waals surface area contributed by atoms with Gasteiger partial charge in [0.1, 0.15) is 5.60 Å². The Hall–Kier alpha value is -1.26. The van der Waals surface area contributed by atoms with Gasteiger partial charge in [-0.05, 0) is 46.5 Å². The number of ether oxygens (including phenoxy) is 1. The predicted octanol–water partition coefficient (Wildman–Crippen LogP) is 2.59. The summed E-state index contributed by atoms with van der Waals surface area (Å²) >= 11 is 0. The van der Waals surface area contributed by atoms with Crippen molar-refractivity contribution in [2.45, 2.75) is 78.0 Å². The quantitative estimate of drug-likeness (QED) is 0.837. The molecule has 1 fully saturated rings. The van der Waals surface area contributed by atoms with Gasteiger partial charge in [0.15, 0.2) is 0 Å². The van der Waals surface area contributed by atoms with Gasteiger partial charge in [-0.25, -0.2) is 4.79 Å². The van der Waals surface area contributed by atoms with E-state index in [0.717, 1.165) is 25.7 Å². The zero-order chi connectivity index (χ0) is 15.3. The summed E-state index contributed by atoms with van der Waals surface area (Å²) in [6.07, 6.45) is 3.32. The largest absolute Gasteiger partial charge is 0.444 e. The van der Waals surface area contributed by atoms with Crippen LogP contribution in [0.4, 0.5) is 4.79 Å². The Kier molecular flexibility index (Phi) is 5.84. The first-order valence-electron chi connectivity index (χ1n) is 7.47. The first-order chi connectivity index (χ1) is 9.17. The molecule has 1 saturated carbocycles. The van der Waals surface area contributed by atoms with Crippen molar-refractivity contribution in [1.29, 1.82) is 0 Å². The fourth-order valence-electron chi connectivity index (χ4n) is 2.29. The maximum Gasteiger partial charge on any atom is 0.407 e. The van der Waals surface area contributed by atoms with Crippen LogP contribution in [0.15, 0.2) is 0 Å². The van der Waals surface area contributed by atoms with Crippen LogP contribution in [0.5, 0.6) is 0 Å². The first kappa shape index (κ1) is 16.8. The number of hydrogen-bond donors (Lipinski definition) is 2. The van der Waals surface area contributed by atoms with Gasteiger partial charge in [-0.1, -0.05) is 13.8 Å². The van der Waals surface area contributed by atoms with Crippen LogP contribution in [0.3, 0.4) is 0 Å². The van der Waals surface area contributed by atoms with Crippen LogP contribution in [-0.2, 0) is 9.53 Å². The molecule has 2 atom stereocenters. The van der Waals surface area contributed by atoms with Crippen LogP contribution < -0.4 is 10.6 Å². The highest BCUT2D eigenvalue weighted by molar-refractivity contribution is 5.78. The third-order valence-corrected chi connectivity index (χ3v) is 3.27. The highest BCUT2D eigenvalue weighted by Gasteiger charge is 2.26. The predicted molar refractivity (Wildman–Crippen MR) is 78.4 cm³/mol. The molecule has 5 heteroatoms. The standard InChI is InChI=1S/C15H28N2O3/c1-10(2)13(18)16-11-7-6-8-12(9-11)17-14(19)20-15(3,4)5/h10-12H,6-9H2,1-5H3,(H,16,18)(H,17,19)/t11-,12-/m0/s1. The molecule has 1 rings (SSSR count). The maximum atomic E-state index is 11.7. The van der Waals surface area contributed by atoms with Gasteiger partial charge in [0, 0.05) is 18.0 Å². The summed E-state index contributed by atoms with van der Waals surface area (Å²) in [7, 11) is 0. The summed E-state index contributed by atoms with van der Waals surface area (Å²) in [6.45, 7) is 9.31. The summed E-state index contributed by atoms with van der Waals surface area (Å²) in [4.78, 5) is 23.4. The van der Waals surface area contributed by atoms with Gasteiger partial charge in [-0.15, -0.1) is 0 Å². The summed E-state index contributed by atoms with van der Waals surface area (Å²) in [5, 5.41) is 5.93. The van der Waals surface area contributed by atoms with Gasteiger partial charge in [0.25, 0.3) is 0 Å². The number of hydrogen-bond acceptors (Lipinski definition) is 3. The molecule has 0 aromatic rings. The van der Waals surface area contributed by atoms with Gasteiger partial charge in [-0.3, -0.25) is 4.79 Å². The number of amides is 2. The van der Waals surface area contributed by atoms with Crippen LogP contribution >= 0.6 is 0 Å². The first-order valence-corrected chi connectivity index (χ1v) is 7.47. The lowest BCUT2D eigenvalue weighted by molar-refractivity contribution is -0.124. The van der Waals surface area contributed by atoms with Gasteiger partial charge < -0.3 is 15.4 Å². The topological polar surface area (TPSA) is 67.4 Å². The van der Waals surface area contributed by atoms with E-state index >= 15 is 0 Å². The molecule has 0 spiro atoms. The molecule has 20 heavy (non-hydrogen) atoms. The minimum Gasteiger partial charge on any atom is -0.444 e. The molecule has 0 heterocycles. The molecular weight excluding hydrogens is 256 g/mol. The molecule has 2 N–H and O–H groups in total. The van der Waals surface area contributed by atoms with Crippen molar-refractivity contribution in [2.24, 2.45) is 5.92 Å². The Bertz CT molecular complexity index is 348. The van der Waals surface area contributed by atoms with Crippen LogP contribution in [0, 0.1) is 5.92 Å². The van der Waals surface area contributed by atoms with Crippen molar-refractivity contribution in [3.63, 3.8) is 0 Å². The zero-order valence-electron chi connectivity index (χ0n) is 13.3. The third-order valence-electron chi connectivity index (χ3n) is 3.27. The summed E-state index contributed by atoms with van der Waals surface area (Å²) in [6, 6.07) is 0.231. The van der Waals surface area contributed by atoms with Crippen LogP contribution in [-0.4, -0.2) is 29.7 Å². The number of rotatable bonds is 3. The Balaban J connectivity index is 2.41. The van der Waals surface area contributed by atoms with Crippen molar-refractivity contribution in [3.05, 3.63) is 0 Å². The van der Waals surface area contributed by atoms with E-state index in [-0.39, 0.29) is 30.0 Å². The lowest BCUT2D eigenvalue weighted by atomic mass is 9.90. The minimum atomic E-state index is -0.482. The van der Waals surface area contributed by atoms with E-state index in [2.05, 4.69) is 10.6 Å². The second-order valence-corrected chi connectivity index (χ2v) is 6.87. The Morgan fingerprint density at radius 1 is 1.10 bits per heavy atom. The van der Waals surface area contributed by atoms with Crippen LogP contribution in [0.2, 0.25) is 0 Å². The Morgan fingerprint density at radius 2 is 1.65 bits per heavy atom. The van der Waals surface area contributed by atoms with Crippen molar-refractivity contribution in [2.75, 3.05) is 0 Å². The molecule has 0 aromatic carbocycles. The smallest absolute Gasteiger partial charge is 0.407 e. The second-order valence-electron chi connectivity index (χ2n) is 6.87. The molecule has 2 amide bonds. The number of carbonyl (C=O) groups excluding carboxylic acids is 2. The SMILES string of the molecule is CC(C)C(=O)N[C@H]1CCC[C@H](NC(=O)OC(C)(C)C)C1. The third kappa shape index (κ3) is 6.26. The van der Waals surface area contributed by atoms with Crippen molar-refractivity contribution in [1.82, 2.24) is 10.6 Å². The molecule has 1 aliphatic carbocycles. The molecule has 0 unspecified atom stereocenters. The molecule has 5 nitrogen and oxygen atoms in total. The normalized spacial score (nSPS) is 23.3. The Labute approximate surface area is 121 Å². The van der Waals surface area contributed by atoms with E-state index in [0.29, 0.717) is 0 Å². The van der Waals surface area contributed by atoms with E-state index in [1.165, 1.54) is 0 Å². The van der Waals surface area contributed by atoms with Crippen LogP contribution in [0.25, 0.3) is 0 Å². The lowest BCUT2D eigenvalue weighted by Gasteiger charge is -2.31. The average molecular weight is 284 g/mol. The fraction of sp³-hybridized carbons (Fsp3) is 0.867. The van der Waals surface area contributed by atoms with Gasteiger partial charge in [0.2, 0.25) is 5.91 Å². The van der Waals surface area contributed by atoms with E-state index in [1.54, 1.807) is 0 Å². The van der Waals surface area contributed by atoms with E-state index in [4.69, 9.17) is 4.74 Å². The van der Waals surface area contributed by atoms with E-state index in [9.17, 15) is 9.59 Å². The highest BCUT2D eigenvalue weighted by atomic mass is 16.6. The summed E-state index contributed by atoms with van der Waals surface area (Å²) in [5.41, 5.74) is -0.482. The van der Waals surface area contributed by atoms with Gasteiger partial charge in [-0.2, -0.15) is 0 Å². The van der Waals surface area contributed by atoms with E-state index in [1.807, 2.05) is 34.6 Å². The number of carbonyl (C=O) groups is 2. The van der Waals surface area contributed by atoms with Gasteiger partial charge >= 0.3 is 6.09 Å². The molecular formula is C15H28N2O3. The minimum absolute atomic E-state index is 0.00538. The molecule has 0 bridgehead atoms. The molecule has 0 aromatic heterocycles. The molecule has 116 valence electrons. The van der Waals surface area contributed by atoms with Crippen molar-refractivity contribution >= 4 is 12.0 Å². The number of alkyl carbamates (subject to hydrolysis) is 1. The fourth-order valence-corrected chi connectivity index (χ4v) is 2.29. The highest BCUT2D eigenvalue weighted by Crippen LogP contribution is 2.19.